The summed E-state index contributed by atoms with van der Waals surface area (Å²) in [6.07, 6.45) is 5.34. The summed E-state index contributed by atoms with van der Waals surface area (Å²) in [4.78, 5) is 11.0. The van der Waals surface area contributed by atoms with Crippen LogP contribution in [-0.2, 0) is 0 Å². The first-order chi connectivity index (χ1) is 9.75. The van der Waals surface area contributed by atoms with Gasteiger partial charge in [0.25, 0.3) is 0 Å². The molecule has 1 aliphatic rings. The maximum Gasteiger partial charge on any atom is 0.155 e. The van der Waals surface area contributed by atoms with Crippen molar-refractivity contribution in [3.05, 3.63) is 36.2 Å². The quantitative estimate of drug-likeness (QED) is 0.909. The van der Waals surface area contributed by atoms with E-state index in [4.69, 9.17) is 5.73 Å². The summed E-state index contributed by atoms with van der Waals surface area (Å²) < 4.78 is 0. The maximum absolute atomic E-state index is 6.32. The Morgan fingerprint density at radius 1 is 1.00 bits per heavy atom. The molecule has 2 N–H and O–H groups in total. The van der Waals surface area contributed by atoms with Crippen LogP contribution >= 0.6 is 0 Å². The molecule has 1 saturated heterocycles. The fourth-order valence-electron chi connectivity index (χ4n) is 2.69. The van der Waals surface area contributed by atoms with Crippen molar-refractivity contribution in [3.8, 4) is 11.3 Å². The highest BCUT2D eigenvalue weighted by molar-refractivity contribution is 5.80. The third-order valence-corrected chi connectivity index (χ3v) is 3.84. The Bertz CT molecular complexity index is 586. The van der Waals surface area contributed by atoms with Gasteiger partial charge in [-0.3, -0.25) is 0 Å². The van der Waals surface area contributed by atoms with E-state index < -0.39 is 0 Å². The number of hydrogen-bond acceptors (Lipinski definition) is 4. The van der Waals surface area contributed by atoms with Gasteiger partial charge in [0.05, 0.1) is 5.69 Å². The van der Waals surface area contributed by atoms with Gasteiger partial charge in [-0.25, -0.2) is 9.97 Å². The average Bonchev–Trinajstić information content (AvgIpc) is 2.49. The van der Waals surface area contributed by atoms with Crippen LogP contribution in [0.1, 0.15) is 24.8 Å². The first-order valence-electron chi connectivity index (χ1n) is 7.18. The smallest absolute Gasteiger partial charge is 0.155 e. The van der Waals surface area contributed by atoms with E-state index in [0.717, 1.165) is 30.2 Å². The fraction of sp³-hybridized carbons (Fsp3) is 0.375. The number of rotatable bonds is 2. The van der Waals surface area contributed by atoms with Crippen LogP contribution in [0.2, 0.25) is 0 Å². The maximum atomic E-state index is 6.32. The number of aryl methyl sites for hydroxylation is 1. The van der Waals surface area contributed by atoms with Crippen molar-refractivity contribution in [1.82, 2.24) is 9.97 Å². The van der Waals surface area contributed by atoms with Crippen LogP contribution in [0, 0.1) is 6.92 Å². The lowest BCUT2D eigenvalue weighted by Crippen LogP contribution is -2.31. The van der Waals surface area contributed by atoms with Gasteiger partial charge in [-0.2, -0.15) is 0 Å². The molecule has 0 bridgehead atoms. The summed E-state index contributed by atoms with van der Waals surface area (Å²) in [6.45, 7) is 4.15. The molecule has 0 unspecified atom stereocenters. The molecule has 1 aromatic heterocycles. The minimum absolute atomic E-state index is 0.693. The largest absolute Gasteiger partial charge is 0.394 e. The number of nitrogen functional groups attached to an aromatic ring is 1. The molecule has 0 amide bonds. The van der Waals surface area contributed by atoms with Crippen molar-refractivity contribution in [1.29, 1.82) is 0 Å². The van der Waals surface area contributed by atoms with E-state index in [9.17, 15) is 0 Å². The lowest BCUT2D eigenvalue weighted by molar-refractivity contribution is 0.573. The number of benzene rings is 1. The van der Waals surface area contributed by atoms with Gasteiger partial charge in [0.1, 0.15) is 12.0 Å². The normalized spacial score (nSPS) is 15.3. The molecule has 1 fully saturated rings. The zero-order chi connectivity index (χ0) is 13.9. The second-order valence-electron chi connectivity index (χ2n) is 5.37. The molecule has 0 spiro atoms. The zero-order valence-electron chi connectivity index (χ0n) is 11.8. The standard InChI is InChI=1S/C16H20N4/c1-12-5-7-13(8-6-12)15-14(17)16(19-11-18-15)20-9-3-2-4-10-20/h5-8,11H,2-4,9-10,17H2,1H3. The van der Waals surface area contributed by atoms with Crippen molar-refractivity contribution in [2.45, 2.75) is 26.2 Å². The van der Waals surface area contributed by atoms with Crippen LogP contribution in [0.25, 0.3) is 11.3 Å². The van der Waals surface area contributed by atoms with Crippen LogP contribution in [0.3, 0.4) is 0 Å². The highest BCUT2D eigenvalue weighted by Crippen LogP contribution is 2.31. The van der Waals surface area contributed by atoms with Crippen LogP contribution in [0.15, 0.2) is 30.6 Å². The Kier molecular flexibility index (Phi) is 3.54. The molecule has 4 nitrogen and oxygen atoms in total. The SMILES string of the molecule is Cc1ccc(-c2ncnc(N3CCCCC3)c2N)cc1. The molecule has 2 heterocycles. The number of anilines is 2. The highest BCUT2D eigenvalue weighted by atomic mass is 15.2. The number of aromatic nitrogens is 2. The van der Waals surface area contributed by atoms with E-state index >= 15 is 0 Å². The molecule has 20 heavy (non-hydrogen) atoms. The van der Waals surface area contributed by atoms with Gasteiger partial charge in [-0.05, 0) is 26.2 Å². The van der Waals surface area contributed by atoms with Crippen LogP contribution in [0.4, 0.5) is 11.5 Å². The summed E-state index contributed by atoms with van der Waals surface area (Å²) in [5.74, 6) is 0.885. The summed E-state index contributed by atoms with van der Waals surface area (Å²) >= 11 is 0. The molecule has 2 aromatic rings. The van der Waals surface area contributed by atoms with E-state index in [-0.39, 0.29) is 0 Å². The van der Waals surface area contributed by atoms with Crippen molar-refractivity contribution in [2.75, 3.05) is 23.7 Å². The lowest BCUT2D eigenvalue weighted by Gasteiger charge is -2.28. The molecule has 0 radical (unpaired) electrons. The van der Waals surface area contributed by atoms with Gasteiger partial charge in [0.2, 0.25) is 0 Å². The van der Waals surface area contributed by atoms with Crippen molar-refractivity contribution < 1.29 is 0 Å². The second-order valence-corrected chi connectivity index (χ2v) is 5.37. The van der Waals surface area contributed by atoms with Gasteiger partial charge in [0, 0.05) is 18.7 Å². The molecule has 3 rings (SSSR count). The molecular weight excluding hydrogens is 248 g/mol. The van der Waals surface area contributed by atoms with Crippen LogP contribution < -0.4 is 10.6 Å². The van der Waals surface area contributed by atoms with E-state index in [2.05, 4.69) is 46.1 Å². The molecule has 0 aliphatic carbocycles. The lowest BCUT2D eigenvalue weighted by atomic mass is 10.1. The number of piperidine rings is 1. The van der Waals surface area contributed by atoms with E-state index in [1.807, 2.05) is 0 Å². The third-order valence-electron chi connectivity index (χ3n) is 3.84. The number of nitrogens with two attached hydrogens (primary N) is 1. The summed E-state index contributed by atoms with van der Waals surface area (Å²) in [5, 5.41) is 0. The predicted molar refractivity (Wildman–Crippen MR) is 82.7 cm³/mol. The Morgan fingerprint density at radius 3 is 2.40 bits per heavy atom. The monoisotopic (exact) mass is 268 g/mol. The topological polar surface area (TPSA) is 55.0 Å². The zero-order valence-corrected chi connectivity index (χ0v) is 11.8. The van der Waals surface area contributed by atoms with Gasteiger partial charge in [0.15, 0.2) is 5.82 Å². The molecule has 4 heteroatoms. The molecule has 104 valence electrons. The average molecular weight is 268 g/mol. The summed E-state index contributed by atoms with van der Waals surface area (Å²) in [7, 11) is 0. The van der Waals surface area contributed by atoms with Crippen molar-refractivity contribution in [3.63, 3.8) is 0 Å². The Hall–Kier alpha value is -2.10. The second kappa shape index (κ2) is 5.49. The molecule has 0 atom stereocenters. The fourth-order valence-corrected chi connectivity index (χ4v) is 2.69. The van der Waals surface area contributed by atoms with E-state index in [1.165, 1.54) is 24.8 Å². The predicted octanol–water partition coefficient (Wildman–Crippen LogP) is 3.02. The van der Waals surface area contributed by atoms with Crippen molar-refractivity contribution >= 4 is 11.5 Å². The van der Waals surface area contributed by atoms with Crippen LogP contribution in [-0.4, -0.2) is 23.1 Å². The van der Waals surface area contributed by atoms with Gasteiger partial charge in [-0.1, -0.05) is 29.8 Å². The molecular formula is C16H20N4. The van der Waals surface area contributed by atoms with Crippen molar-refractivity contribution in [2.24, 2.45) is 0 Å². The van der Waals surface area contributed by atoms with E-state index in [1.54, 1.807) is 6.33 Å². The molecule has 1 aromatic carbocycles. The highest BCUT2D eigenvalue weighted by Gasteiger charge is 2.17. The minimum atomic E-state index is 0.693. The number of nitrogens with zero attached hydrogens (tertiary/aromatic N) is 3. The Balaban J connectivity index is 1.98. The molecule has 1 aliphatic heterocycles. The number of hydrogen-bond donors (Lipinski definition) is 1. The van der Waals surface area contributed by atoms with Gasteiger partial charge in [-0.15, -0.1) is 0 Å². The first kappa shape index (κ1) is 12.9. The summed E-state index contributed by atoms with van der Waals surface area (Å²) in [5.41, 5.74) is 10.1. The van der Waals surface area contributed by atoms with E-state index in [0.29, 0.717) is 5.69 Å². The molecule has 0 saturated carbocycles. The Labute approximate surface area is 119 Å². The minimum Gasteiger partial charge on any atom is -0.394 e. The third kappa shape index (κ3) is 2.46. The van der Waals surface area contributed by atoms with Gasteiger partial charge < -0.3 is 10.6 Å². The first-order valence-corrected chi connectivity index (χ1v) is 7.18. The summed E-state index contributed by atoms with van der Waals surface area (Å²) in [6, 6.07) is 8.29. The van der Waals surface area contributed by atoms with Gasteiger partial charge >= 0.3 is 0 Å². The van der Waals surface area contributed by atoms with Crippen LogP contribution in [0.5, 0.6) is 0 Å². The Morgan fingerprint density at radius 2 is 1.70 bits per heavy atom.